The molecule has 1 N–H and O–H groups in total. The van der Waals surface area contributed by atoms with Crippen molar-refractivity contribution in [2.24, 2.45) is 5.92 Å². The molecule has 0 saturated heterocycles. The van der Waals surface area contributed by atoms with E-state index < -0.39 is 0 Å². The summed E-state index contributed by atoms with van der Waals surface area (Å²) in [6, 6.07) is 4.31. The van der Waals surface area contributed by atoms with Crippen LogP contribution in [0.1, 0.15) is 50.6 Å². The Kier molecular flexibility index (Phi) is 4.91. The summed E-state index contributed by atoms with van der Waals surface area (Å²) in [7, 11) is 0. The van der Waals surface area contributed by atoms with E-state index in [9.17, 15) is 0 Å². The van der Waals surface area contributed by atoms with Gasteiger partial charge in [-0.25, -0.2) is 0 Å². The Labute approximate surface area is 132 Å². The summed E-state index contributed by atoms with van der Waals surface area (Å²) in [5.41, 5.74) is 1.15. The molecule has 4 heteroatoms. The van der Waals surface area contributed by atoms with Gasteiger partial charge in [-0.2, -0.15) is 0 Å². The lowest BCUT2D eigenvalue weighted by molar-refractivity contribution is 0.262. The number of nitrogens with one attached hydrogen (secondary N) is 1. The first kappa shape index (κ1) is 15.0. The fourth-order valence-corrected chi connectivity index (χ4v) is 3.38. The van der Waals surface area contributed by atoms with Gasteiger partial charge in [0.1, 0.15) is 0 Å². The van der Waals surface area contributed by atoms with E-state index in [0.29, 0.717) is 19.3 Å². The van der Waals surface area contributed by atoms with E-state index in [4.69, 9.17) is 21.1 Å². The van der Waals surface area contributed by atoms with Crippen LogP contribution < -0.4 is 14.8 Å². The van der Waals surface area contributed by atoms with Gasteiger partial charge in [0, 0.05) is 23.6 Å². The Balaban J connectivity index is 1.85. The van der Waals surface area contributed by atoms with E-state index in [2.05, 4.69) is 18.3 Å². The van der Waals surface area contributed by atoms with Crippen molar-refractivity contribution in [2.45, 2.75) is 45.1 Å². The van der Waals surface area contributed by atoms with Crippen molar-refractivity contribution >= 4 is 11.6 Å². The third-order valence-corrected chi connectivity index (χ3v) is 4.81. The van der Waals surface area contributed by atoms with Crippen LogP contribution in [0.3, 0.4) is 0 Å². The molecule has 2 aliphatic rings. The average molecular weight is 310 g/mol. The van der Waals surface area contributed by atoms with Crippen LogP contribution in [0.15, 0.2) is 12.1 Å². The predicted octanol–water partition coefficient (Wildman–Crippen LogP) is 4.34. The maximum absolute atomic E-state index is 6.51. The van der Waals surface area contributed by atoms with Crippen LogP contribution in [0, 0.1) is 5.92 Å². The van der Waals surface area contributed by atoms with Gasteiger partial charge in [-0.05, 0) is 30.5 Å². The molecule has 21 heavy (non-hydrogen) atoms. The maximum Gasteiger partial charge on any atom is 0.162 e. The number of hydrogen-bond acceptors (Lipinski definition) is 3. The first-order chi connectivity index (χ1) is 10.3. The molecule has 3 rings (SSSR count). The topological polar surface area (TPSA) is 30.5 Å². The first-order valence-electron chi connectivity index (χ1n) is 8.10. The van der Waals surface area contributed by atoms with Gasteiger partial charge >= 0.3 is 0 Å². The fourth-order valence-electron chi connectivity index (χ4n) is 3.10. The molecule has 1 saturated carbocycles. The first-order valence-corrected chi connectivity index (χ1v) is 8.48. The number of benzene rings is 1. The quantitative estimate of drug-likeness (QED) is 0.877. The molecule has 3 nitrogen and oxygen atoms in total. The van der Waals surface area contributed by atoms with Crippen LogP contribution in [-0.2, 0) is 0 Å². The minimum atomic E-state index is 0.310. The lowest BCUT2D eigenvalue weighted by Crippen LogP contribution is -2.26. The minimum absolute atomic E-state index is 0.310. The summed E-state index contributed by atoms with van der Waals surface area (Å²) in [6.07, 6.45) is 6.15. The molecule has 0 spiro atoms. The molecule has 1 fully saturated rings. The largest absolute Gasteiger partial charge is 0.490 e. The van der Waals surface area contributed by atoms with Crippen LogP contribution >= 0.6 is 11.6 Å². The van der Waals surface area contributed by atoms with Crippen molar-refractivity contribution in [3.05, 3.63) is 22.7 Å². The van der Waals surface area contributed by atoms with Gasteiger partial charge in [-0.15, -0.1) is 0 Å². The molecular formula is C17H24ClNO2. The van der Waals surface area contributed by atoms with Crippen LogP contribution in [-0.4, -0.2) is 19.8 Å². The van der Waals surface area contributed by atoms with Crippen molar-refractivity contribution < 1.29 is 9.47 Å². The molecule has 0 amide bonds. The Hall–Kier alpha value is -0.930. The highest BCUT2D eigenvalue weighted by molar-refractivity contribution is 6.31. The van der Waals surface area contributed by atoms with Crippen molar-refractivity contribution in [1.29, 1.82) is 0 Å². The number of fused-ring (bicyclic) bond motifs is 1. The van der Waals surface area contributed by atoms with E-state index in [1.807, 2.05) is 6.07 Å². The SMILES string of the molecule is CCNC(CC1CCC1)c1cc2c(cc1Cl)OCCCO2. The van der Waals surface area contributed by atoms with E-state index in [1.54, 1.807) is 0 Å². The molecule has 0 aromatic heterocycles. The van der Waals surface area contributed by atoms with E-state index in [1.165, 1.54) is 19.3 Å². The molecule has 1 aliphatic heterocycles. The van der Waals surface area contributed by atoms with Gasteiger partial charge in [0.25, 0.3) is 0 Å². The van der Waals surface area contributed by atoms with E-state index in [-0.39, 0.29) is 0 Å². The molecule has 116 valence electrons. The molecule has 1 aromatic carbocycles. The van der Waals surface area contributed by atoms with Gasteiger partial charge in [0.05, 0.1) is 13.2 Å². The number of hydrogen-bond donors (Lipinski definition) is 1. The van der Waals surface area contributed by atoms with Crippen LogP contribution in [0.2, 0.25) is 5.02 Å². The number of halogens is 1. The van der Waals surface area contributed by atoms with Crippen LogP contribution in [0.25, 0.3) is 0 Å². The van der Waals surface area contributed by atoms with Crippen LogP contribution in [0.5, 0.6) is 11.5 Å². The highest BCUT2D eigenvalue weighted by atomic mass is 35.5. The lowest BCUT2D eigenvalue weighted by atomic mass is 9.79. The third-order valence-electron chi connectivity index (χ3n) is 4.49. The van der Waals surface area contributed by atoms with E-state index in [0.717, 1.165) is 47.4 Å². The molecule has 1 unspecified atom stereocenters. The minimum Gasteiger partial charge on any atom is -0.490 e. The molecule has 1 heterocycles. The summed E-state index contributed by atoms with van der Waals surface area (Å²) in [6.45, 7) is 4.50. The zero-order valence-electron chi connectivity index (χ0n) is 12.7. The molecule has 1 atom stereocenters. The van der Waals surface area contributed by atoms with Crippen LogP contribution in [0.4, 0.5) is 0 Å². The summed E-state index contributed by atoms with van der Waals surface area (Å²) in [4.78, 5) is 0. The summed E-state index contributed by atoms with van der Waals surface area (Å²) < 4.78 is 11.5. The molecular weight excluding hydrogens is 286 g/mol. The molecule has 1 aliphatic carbocycles. The smallest absolute Gasteiger partial charge is 0.162 e. The monoisotopic (exact) mass is 309 g/mol. The zero-order valence-corrected chi connectivity index (χ0v) is 13.4. The number of rotatable bonds is 5. The van der Waals surface area contributed by atoms with Crippen molar-refractivity contribution in [3.8, 4) is 11.5 Å². The number of ether oxygens (including phenoxy) is 2. The third kappa shape index (κ3) is 3.46. The zero-order chi connectivity index (χ0) is 14.7. The summed E-state index contributed by atoms with van der Waals surface area (Å²) >= 11 is 6.51. The summed E-state index contributed by atoms with van der Waals surface area (Å²) in [5.74, 6) is 2.45. The molecule has 1 aromatic rings. The van der Waals surface area contributed by atoms with Gasteiger partial charge in [-0.1, -0.05) is 37.8 Å². The Morgan fingerprint density at radius 1 is 1.19 bits per heavy atom. The van der Waals surface area contributed by atoms with E-state index >= 15 is 0 Å². The Morgan fingerprint density at radius 3 is 2.52 bits per heavy atom. The average Bonchev–Trinajstić information content (AvgIpc) is 2.65. The standard InChI is InChI=1S/C17H24ClNO2/c1-2-19-15(9-12-5-3-6-12)13-10-16-17(11-14(13)18)21-8-4-7-20-16/h10-12,15,19H,2-9H2,1H3. The Bertz CT molecular complexity index is 488. The molecule has 0 bridgehead atoms. The second kappa shape index (κ2) is 6.89. The van der Waals surface area contributed by atoms with Gasteiger partial charge in [-0.3, -0.25) is 0 Å². The maximum atomic E-state index is 6.51. The normalized spacial score (nSPS) is 19.7. The highest BCUT2D eigenvalue weighted by Crippen LogP contribution is 2.41. The second-order valence-electron chi connectivity index (χ2n) is 6.01. The Morgan fingerprint density at radius 2 is 1.90 bits per heavy atom. The van der Waals surface area contributed by atoms with Crippen molar-refractivity contribution in [2.75, 3.05) is 19.8 Å². The van der Waals surface area contributed by atoms with Gasteiger partial charge in [0.2, 0.25) is 0 Å². The predicted molar refractivity (Wildman–Crippen MR) is 85.4 cm³/mol. The summed E-state index contributed by atoms with van der Waals surface area (Å²) in [5, 5.41) is 4.36. The highest BCUT2D eigenvalue weighted by Gasteiger charge is 2.25. The van der Waals surface area contributed by atoms with Crippen molar-refractivity contribution in [1.82, 2.24) is 5.32 Å². The second-order valence-corrected chi connectivity index (χ2v) is 6.42. The van der Waals surface area contributed by atoms with Crippen molar-refractivity contribution in [3.63, 3.8) is 0 Å². The molecule has 0 radical (unpaired) electrons. The van der Waals surface area contributed by atoms with Gasteiger partial charge < -0.3 is 14.8 Å². The lowest BCUT2D eigenvalue weighted by Gasteiger charge is -2.31. The fraction of sp³-hybridized carbons (Fsp3) is 0.647. The van der Waals surface area contributed by atoms with Gasteiger partial charge in [0.15, 0.2) is 11.5 Å².